The van der Waals surface area contributed by atoms with Gasteiger partial charge in [-0.3, -0.25) is 9.29 Å². The molecule has 0 fully saturated rings. The second kappa shape index (κ2) is 6.37. The number of ether oxygens (including phenoxy) is 1. The molecule has 2 rings (SSSR count). The Bertz CT molecular complexity index is 807. The van der Waals surface area contributed by atoms with Crippen molar-refractivity contribution in [2.24, 2.45) is 0 Å². The zero-order valence-electron chi connectivity index (χ0n) is 12.7. The molecule has 120 valence electrons. The van der Waals surface area contributed by atoms with Crippen LogP contribution in [0.2, 0.25) is 0 Å². The molecule has 0 radical (unpaired) electrons. The third kappa shape index (κ3) is 3.58. The molecule has 0 aliphatic carbocycles. The Balaban J connectivity index is 2.40. The van der Waals surface area contributed by atoms with Crippen molar-refractivity contribution in [2.75, 3.05) is 17.6 Å². The summed E-state index contributed by atoms with van der Waals surface area (Å²) in [5.74, 6) is -0.168. The highest BCUT2D eigenvalue weighted by molar-refractivity contribution is 7.92. The van der Waals surface area contributed by atoms with Crippen molar-refractivity contribution < 1.29 is 13.2 Å². The van der Waals surface area contributed by atoms with Gasteiger partial charge in [0.25, 0.3) is 0 Å². The third-order valence-electron chi connectivity index (χ3n) is 3.23. The summed E-state index contributed by atoms with van der Waals surface area (Å²) in [6, 6.07) is 6.74. The Morgan fingerprint density at radius 3 is 2.64 bits per heavy atom. The number of para-hydroxylation sites is 2. The molecule has 1 atom stereocenters. The van der Waals surface area contributed by atoms with Gasteiger partial charge in [-0.15, -0.1) is 0 Å². The zero-order chi connectivity index (χ0) is 16.3. The fourth-order valence-corrected chi connectivity index (χ4v) is 3.44. The van der Waals surface area contributed by atoms with Crippen LogP contribution in [-0.4, -0.2) is 36.9 Å². The molecule has 0 saturated heterocycles. The smallest absolute Gasteiger partial charge is 0.330 e. The maximum Gasteiger partial charge on any atom is 0.330 e. The summed E-state index contributed by atoms with van der Waals surface area (Å²) in [6.07, 6.45) is 1.14. The van der Waals surface area contributed by atoms with Gasteiger partial charge in [0, 0.05) is 19.0 Å². The number of nitrogens with one attached hydrogen (secondary N) is 2. The van der Waals surface area contributed by atoms with Gasteiger partial charge in [-0.05, 0) is 26.0 Å². The molecule has 2 aromatic rings. The van der Waals surface area contributed by atoms with Gasteiger partial charge in [0.2, 0.25) is 10.0 Å². The van der Waals surface area contributed by atoms with Crippen LogP contribution in [0.1, 0.15) is 12.6 Å². The number of nitrogens with zero attached hydrogens (tertiary/aromatic N) is 1. The van der Waals surface area contributed by atoms with Crippen LogP contribution in [0.5, 0.6) is 0 Å². The average molecular weight is 325 g/mol. The van der Waals surface area contributed by atoms with Crippen molar-refractivity contribution >= 4 is 15.7 Å². The molecule has 1 aromatic heterocycles. The van der Waals surface area contributed by atoms with Crippen molar-refractivity contribution in [1.29, 1.82) is 0 Å². The van der Waals surface area contributed by atoms with Gasteiger partial charge < -0.3 is 9.72 Å². The Morgan fingerprint density at radius 1 is 1.36 bits per heavy atom. The largest absolute Gasteiger partial charge is 0.381 e. The minimum Gasteiger partial charge on any atom is -0.381 e. The molecule has 0 unspecified atom stereocenters. The zero-order valence-corrected chi connectivity index (χ0v) is 13.5. The van der Waals surface area contributed by atoms with E-state index in [2.05, 4.69) is 9.71 Å². The molecule has 0 saturated carbocycles. The Morgan fingerprint density at radius 2 is 2.05 bits per heavy atom. The lowest BCUT2D eigenvalue weighted by Gasteiger charge is -2.15. The monoisotopic (exact) mass is 325 g/mol. The van der Waals surface area contributed by atoms with Crippen LogP contribution in [0.4, 0.5) is 5.69 Å². The number of hydrogen-bond donors (Lipinski definition) is 2. The maximum absolute atomic E-state index is 12.2. The number of aromatic nitrogens is 2. The van der Waals surface area contributed by atoms with E-state index in [0.29, 0.717) is 17.1 Å². The quantitative estimate of drug-likeness (QED) is 0.836. The molecule has 0 bridgehead atoms. The summed E-state index contributed by atoms with van der Waals surface area (Å²) in [5, 5.41) is 0. The molecule has 1 heterocycles. The van der Waals surface area contributed by atoms with Crippen molar-refractivity contribution in [3.63, 3.8) is 0 Å². The lowest BCUT2D eigenvalue weighted by atomic mass is 10.2. The van der Waals surface area contributed by atoms with E-state index in [1.807, 2.05) is 0 Å². The molecule has 2 N–H and O–H groups in total. The van der Waals surface area contributed by atoms with Crippen LogP contribution in [0.3, 0.4) is 0 Å². The van der Waals surface area contributed by atoms with E-state index in [1.165, 1.54) is 11.7 Å². The Hall–Kier alpha value is -2.06. The summed E-state index contributed by atoms with van der Waals surface area (Å²) < 4.78 is 33.3. The van der Waals surface area contributed by atoms with Gasteiger partial charge in [-0.1, -0.05) is 12.1 Å². The molecule has 8 heteroatoms. The number of methoxy groups -OCH3 is 1. The van der Waals surface area contributed by atoms with Crippen molar-refractivity contribution in [3.8, 4) is 5.69 Å². The predicted molar refractivity (Wildman–Crippen MR) is 85.0 cm³/mol. The van der Waals surface area contributed by atoms with Crippen LogP contribution in [0.15, 0.2) is 35.3 Å². The van der Waals surface area contributed by atoms with E-state index >= 15 is 0 Å². The summed E-state index contributed by atoms with van der Waals surface area (Å²) >= 11 is 0. The molecular weight excluding hydrogens is 306 g/mol. The van der Waals surface area contributed by atoms with Gasteiger partial charge in [-0.2, -0.15) is 0 Å². The number of H-pyrrole nitrogens is 1. The number of benzene rings is 1. The van der Waals surface area contributed by atoms with Crippen LogP contribution >= 0.6 is 0 Å². The van der Waals surface area contributed by atoms with E-state index in [1.54, 1.807) is 44.3 Å². The highest BCUT2D eigenvalue weighted by Crippen LogP contribution is 2.21. The first kappa shape index (κ1) is 16.3. The first-order valence-electron chi connectivity index (χ1n) is 6.74. The molecule has 0 aliphatic rings. The second-order valence-electron chi connectivity index (χ2n) is 5.02. The van der Waals surface area contributed by atoms with E-state index < -0.39 is 16.1 Å². The fourth-order valence-electron chi connectivity index (χ4n) is 2.10. The van der Waals surface area contributed by atoms with Crippen LogP contribution in [-0.2, 0) is 14.8 Å². The van der Waals surface area contributed by atoms with Crippen molar-refractivity contribution in [2.45, 2.75) is 20.0 Å². The highest BCUT2D eigenvalue weighted by atomic mass is 32.2. The molecule has 0 aliphatic heterocycles. The molecule has 22 heavy (non-hydrogen) atoms. The summed E-state index contributed by atoms with van der Waals surface area (Å²) in [5.41, 5.74) is 1.17. The summed E-state index contributed by atoms with van der Waals surface area (Å²) in [6.45, 7) is 3.43. The maximum atomic E-state index is 12.2. The number of sulfonamides is 1. The standard InChI is InChI=1S/C14H19N3O4S/c1-10-8-15-14(18)17(10)13-7-5-4-6-12(13)16-22(19,20)9-11(2)21-3/h4-8,11,16H,9H2,1-3H3,(H,15,18)/t11-/m1/s1. The number of rotatable bonds is 6. The molecule has 1 aromatic carbocycles. The number of anilines is 1. The first-order valence-corrected chi connectivity index (χ1v) is 8.39. The minimum atomic E-state index is -3.59. The lowest BCUT2D eigenvalue weighted by Crippen LogP contribution is -2.26. The van der Waals surface area contributed by atoms with Crippen molar-refractivity contribution in [1.82, 2.24) is 9.55 Å². The van der Waals surface area contributed by atoms with Gasteiger partial charge in [0.1, 0.15) is 0 Å². The molecule has 7 nitrogen and oxygen atoms in total. The summed E-state index contributed by atoms with van der Waals surface area (Å²) in [4.78, 5) is 14.5. The van der Waals surface area contributed by atoms with Crippen LogP contribution in [0.25, 0.3) is 5.69 Å². The number of imidazole rings is 1. The molecular formula is C14H19N3O4S. The van der Waals surface area contributed by atoms with E-state index in [9.17, 15) is 13.2 Å². The van der Waals surface area contributed by atoms with E-state index in [0.717, 1.165) is 0 Å². The third-order valence-corrected chi connectivity index (χ3v) is 4.67. The van der Waals surface area contributed by atoms with E-state index in [4.69, 9.17) is 4.74 Å². The van der Waals surface area contributed by atoms with Gasteiger partial charge in [0.05, 0.1) is 23.2 Å². The Kier molecular flexibility index (Phi) is 4.72. The van der Waals surface area contributed by atoms with Gasteiger partial charge in [0.15, 0.2) is 0 Å². The number of aryl methyl sites for hydroxylation is 1. The Labute approximate surface area is 129 Å². The number of aromatic amines is 1. The van der Waals surface area contributed by atoms with Crippen LogP contribution in [0, 0.1) is 6.92 Å². The SMILES string of the molecule is CO[C@H](C)CS(=O)(=O)Nc1ccccc1-n1c(C)c[nH]c1=O. The van der Waals surface area contributed by atoms with E-state index in [-0.39, 0.29) is 11.4 Å². The fraction of sp³-hybridized carbons (Fsp3) is 0.357. The average Bonchev–Trinajstić information content (AvgIpc) is 2.78. The van der Waals surface area contributed by atoms with Gasteiger partial charge in [-0.25, -0.2) is 13.2 Å². The lowest BCUT2D eigenvalue weighted by molar-refractivity contribution is 0.136. The van der Waals surface area contributed by atoms with Crippen LogP contribution < -0.4 is 10.4 Å². The minimum absolute atomic E-state index is 0.168. The van der Waals surface area contributed by atoms with Gasteiger partial charge >= 0.3 is 5.69 Å². The summed E-state index contributed by atoms with van der Waals surface area (Å²) in [7, 11) is -2.13. The normalized spacial score (nSPS) is 13.0. The first-order chi connectivity index (χ1) is 10.3. The second-order valence-corrected chi connectivity index (χ2v) is 6.78. The van der Waals surface area contributed by atoms with Crippen molar-refractivity contribution in [3.05, 3.63) is 46.6 Å². The number of hydrogen-bond acceptors (Lipinski definition) is 4. The topological polar surface area (TPSA) is 93.2 Å². The predicted octanol–water partition coefficient (Wildman–Crippen LogP) is 1.25. The molecule has 0 spiro atoms. The molecule has 0 amide bonds. The highest BCUT2D eigenvalue weighted by Gasteiger charge is 2.18.